The summed E-state index contributed by atoms with van der Waals surface area (Å²) in [5.41, 5.74) is 0.855. The van der Waals surface area contributed by atoms with Gasteiger partial charge in [-0.3, -0.25) is 0 Å². The predicted octanol–water partition coefficient (Wildman–Crippen LogP) is 2.59. The molecule has 0 aliphatic rings. The van der Waals surface area contributed by atoms with Crippen LogP contribution in [0.2, 0.25) is 5.02 Å². The lowest BCUT2D eigenvalue weighted by atomic mass is 10.1. The van der Waals surface area contributed by atoms with E-state index in [1.807, 2.05) is 12.1 Å². The molecule has 0 fully saturated rings. The first-order valence-corrected chi connectivity index (χ1v) is 4.15. The van der Waals surface area contributed by atoms with Crippen molar-refractivity contribution < 1.29 is 5.11 Å². The van der Waals surface area contributed by atoms with Crippen molar-refractivity contribution in [2.75, 3.05) is 13.6 Å². The highest BCUT2D eigenvalue weighted by molar-refractivity contribution is 6.32. The van der Waals surface area contributed by atoms with Crippen LogP contribution in [0.4, 0.5) is 0 Å². The molecule has 0 atom stereocenters. The Hall–Kier alpha value is -0.730. The van der Waals surface area contributed by atoms with Crippen molar-refractivity contribution in [3.63, 3.8) is 0 Å². The zero-order valence-corrected chi connectivity index (χ0v) is 7.67. The molecular formula is C9H11ClNO-. The highest BCUT2D eigenvalue weighted by Gasteiger charge is 2.01. The van der Waals surface area contributed by atoms with Crippen LogP contribution < -0.4 is 0 Å². The molecule has 0 aromatic heterocycles. The van der Waals surface area contributed by atoms with Gasteiger partial charge < -0.3 is 10.4 Å². The van der Waals surface area contributed by atoms with Gasteiger partial charge in [0.15, 0.2) is 0 Å². The first-order valence-electron chi connectivity index (χ1n) is 3.77. The minimum Gasteiger partial charge on any atom is -0.665 e. The summed E-state index contributed by atoms with van der Waals surface area (Å²) in [6, 6.07) is 5.35. The average molecular weight is 185 g/mol. The van der Waals surface area contributed by atoms with Crippen LogP contribution in [-0.2, 0) is 6.42 Å². The molecule has 3 heteroatoms. The third kappa shape index (κ3) is 2.13. The van der Waals surface area contributed by atoms with Crippen LogP contribution in [0.15, 0.2) is 18.2 Å². The quantitative estimate of drug-likeness (QED) is 0.770. The van der Waals surface area contributed by atoms with E-state index in [2.05, 4.69) is 5.32 Å². The third-order valence-corrected chi connectivity index (χ3v) is 1.98. The van der Waals surface area contributed by atoms with Crippen LogP contribution >= 0.6 is 11.6 Å². The largest absolute Gasteiger partial charge is 0.665 e. The Morgan fingerprint density at radius 2 is 2.25 bits per heavy atom. The first-order chi connectivity index (χ1) is 5.75. The second kappa shape index (κ2) is 4.33. The summed E-state index contributed by atoms with van der Waals surface area (Å²) in [6.45, 7) is 0.716. The fourth-order valence-corrected chi connectivity index (χ4v) is 1.19. The lowest BCUT2D eigenvalue weighted by molar-refractivity contribution is 0.469. The Balaban J connectivity index is 2.78. The smallest absolute Gasteiger partial charge is 0.137 e. The monoisotopic (exact) mass is 184 g/mol. The molecule has 0 heterocycles. The number of rotatable bonds is 3. The van der Waals surface area contributed by atoms with Crippen molar-refractivity contribution in [1.29, 1.82) is 0 Å². The standard InChI is InChI=1S/C9H11ClNO/c1-11-6-5-7-3-2-4-8(10)9(7)12/h2-4,12H,5-6H2,1H3/q-1. The van der Waals surface area contributed by atoms with Crippen LogP contribution in [0.3, 0.4) is 0 Å². The van der Waals surface area contributed by atoms with Gasteiger partial charge in [0.25, 0.3) is 0 Å². The minimum atomic E-state index is 0.183. The summed E-state index contributed by atoms with van der Waals surface area (Å²) >= 11 is 5.71. The average Bonchev–Trinajstić information content (AvgIpc) is 2.08. The molecule has 0 spiro atoms. The van der Waals surface area contributed by atoms with E-state index in [1.54, 1.807) is 13.1 Å². The van der Waals surface area contributed by atoms with Crippen LogP contribution in [0, 0.1) is 0 Å². The fourth-order valence-electron chi connectivity index (χ4n) is 0.994. The molecular weight excluding hydrogens is 174 g/mol. The Morgan fingerprint density at radius 1 is 1.50 bits per heavy atom. The molecule has 0 bridgehead atoms. The SMILES string of the molecule is C[N-]CCc1cccc(Cl)c1O. The van der Waals surface area contributed by atoms with Gasteiger partial charge >= 0.3 is 0 Å². The van der Waals surface area contributed by atoms with Crippen molar-refractivity contribution in [2.45, 2.75) is 6.42 Å². The molecule has 0 aliphatic heterocycles. The van der Waals surface area contributed by atoms with E-state index in [-0.39, 0.29) is 5.75 Å². The molecule has 12 heavy (non-hydrogen) atoms. The van der Waals surface area contributed by atoms with Crippen molar-refractivity contribution in [3.05, 3.63) is 34.1 Å². The number of aromatic hydroxyl groups is 1. The lowest BCUT2D eigenvalue weighted by Gasteiger charge is -2.11. The highest BCUT2D eigenvalue weighted by Crippen LogP contribution is 2.27. The van der Waals surface area contributed by atoms with E-state index in [0.717, 1.165) is 12.0 Å². The first kappa shape index (κ1) is 9.36. The minimum absolute atomic E-state index is 0.183. The van der Waals surface area contributed by atoms with E-state index in [9.17, 15) is 5.11 Å². The number of phenols is 1. The Kier molecular flexibility index (Phi) is 3.38. The molecule has 1 aromatic carbocycles. The van der Waals surface area contributed by atoms with Crippen LogP contribution in [0.25, 0.3) is 5.32 Å². The molecule has 0 saturated carbocycles. The Labute approximate surface area is 77.2 Å². The molecule has 0 amide bonds. The fraction of sp³-hybridized carbons (Fsp3) is 0.333. The summed E-state index contributed by atoms with van der Waals surface area (Å²) in [4.78, 5) is 0. The Morgan fingerprint density at radius 3 is 2.92 bits per heavy atom. The number of nitrogens with zero attached hydrogens (tertiary/aromatic N) is 1. The molecule has 2 nitrogen and oxygen atoms in total. The van der Waals surface area contributed by atoms with Crippen LogP contribution in [0.1, 0.15) is 5.56 Å². The number of para-hydroxylation sites is 1. The number of likely N-dealkylation sites (N-methyl/N-ethyl adjacent to an activating group) is 1. The molecule has 66 valence electrons. The van der Waals surface area contributed by atoms with E-state index in [4.69, 9.17) is 11.6 Å². The van der Waals surface area contributed by atoms with E-state index >= 15 is 0 Å². The van der Waals surface area contributed by atoms with Crippen molar-refractivity contribution >= 4 is 11.6 Å². The number of halogens is 1. The summed E-state index contributed by atoms with van der Waals surface area (Å²) in [7, 11) is 1.75. The highest BCUT2D eigenvalue weighted by atomic mass is 35.5. The third-order valence-electron chi connectivity index (χ3n) is 1.68. The normalized spacial score (nSPS) is 10.2. The number of hydrogen-bond acceptors (Lipinski definition) is 1. The molecule has 0 radical (unpaired) electrons. The molecule has 1 N–H and O–H groups in total. The molecule has 0 saturated heterocycles. The maximum Gasteiger partial charge on any atom is 0.137 e. The van der Waals surface area contributed by atoms with E-state index in [1.165, 1.54) is 0 Å². The topological polar surface area (TPSA) is 34.3 Å². The molecule has 1 rings (SSSR count). The lowest BCUT2D eigenvalue weighted by Crippen LogP contribution is -1.90. The molecule has 1 aromatic rings. The van der Waals surface area contributed by atoms with Crippen LogP contribution in [0.5, 0.6) is 5.75 Å². The maximum absolute atomic E-state index is 9.45. The number of hydrogen-bond donors (Lipinski definition) is 1. The second-order valence-corrected chi connectivity index (χ2v) is 2.94. The van der Waals surface area contributed by atoms with E-state index in [0.29, 0.717) is 11.6 Å². The van der Waals surface area contributed by atoms with Gasteiger partial charge in [0.2, 0.25) is 0 Å². The van der Waals surface area contributed by atoms with Gasteiger partial charge in [-0.15, -0.1) is 6.54 Å². The van der Waals surface area contributed by atoms with E-state index < -0.39 is 0 Å². The zero-order chi connectivity index (χ0) is 8.97. The molecule has 0 aliphatic carbocycles. The summed E-state index contributed by atoms with van der Waals surface area (Å²) in [6.07, 6.45) is 0.739. The second-order valence-electron chi connectivity index (χ2n) is 2.54. The zero-order valence-electron chi connectivity index (χ0n) is 6.92. The molecule has 0 unspecified atom stereocenters. The van der Waals surface area contributed by atoms with Gasteiger partial charge in [0.1, 0.15) is 5.75 Å². The van der Waals surface area contributed by atoms with Crippen LogP contribution in [-0.4, -0.2) is 18.7 Å². The summed E-state index contributed by atoms with van der Waals surface area (Å²) in [5.74, 6) is 0.183. The number of phenolic OH excluding ortho intramolecular Hbond substituents is 1. The number of benzene rings is 1. The van der Waals surface area contributed by atoms with Crippen molar-refractivity contribution in [2.24, 2.45) is 0 Å². The van der Waals surface area contributed by atoms with Gasteiger partial charge in [-0.05, 0) is 18.1 Å². The van der Waals surface area contributed by atoms with Gasteiger partial charge in [0, 0.05) is 0 Å². The summed E-state index contributed by atoms with van der Waals surface area (Å²) < 4.78 is 0. The van der Waals surface area contributed by atoms with Crippen molar-refractivity contribution in [3.8, 4) is 5.75 Å². The van der Waals surface area contributed by atoms with Gasteiger partial charge in [-0.1, -0.05) is 23.7 Å². The predicted molar refractivity (Wildman–Crippen MR) is 51.0 cm³/mol. The van der Waals surface area contributed by atoms with Gasteiger partial charge in [0.05, 0.1) is 5.02 Å². The summed E-state index contributed by atoms with van der Waals surface area (Å²) in [5, 5.41) is 13.8. The maximum atomic E-state index is 9.45. The Bertz CT molecular complexity index is 263. The van der Waals surface area contributed by atoms with Gasteiger partial charge in [-0.2, -0.15) is 7.05 Å². The van der Waals surface area contributed by atoms with Crippen molar-refractivity contribution in [1.82, 2.24) is 0 Å². The van der Waals surface area contributed by atoms with Gasteiger partial charge in [-0.25, -0.2) is 0 Å².